The van der Waals surface area contributed by atoms with Crippen LogP contribution in [0.5, 0.6) is 0 Å². The van der Waals surface area contributed by atoms with Gasteiger partial charge in [-0.05, 0) is 6.07 Å². The Bertz CT molecular complexity index is 850. The predicted octanol–water partition coefficient (Wildman–Crippen LogP) is 1.09. The highest BCUT2D eigenvalue weighted by molar-refractivity contribution is 7.84. The molecular weight excluding hydrogens is 343 g/mol. The minimum absolute atomic E-state index is 0.166. The second kappa shape index (κ2) is 6.12. The van der Waals surface area contributed by atoms with Gasteiger partial charge < -0.3 is 4.55 Å². The zero-order chi connectivity index (χ0) is 18.2. The van der Waals surface area contributed by atoms with E-state index < -0.39 is 27.0 Å². The summed E-state index contributed by atoms with van der Waals surface area (Å²) < 4.78 is 67.6. The Balaban J connectivity index is 0.000000463. The number of alkyl halides is 3. The number of benzene rings is 1. The Labute approximate surface area is 128 Å². The molecule has 0 aliphatic heterocycles. The molecule has 0 fully saturated rings. The van der Waals surface area contributed by atoms with E-state index in [1.54, 1.807) is 0 Å². The van der Waals surface area contributed by atoms with Gasteiger partial charge in [0.1, 0.15) is 0 Å². The molecule has 128 valence electrons. The lowest BCUT2D eigenvalue weighted by molar-refractivity contribution is -0.667. The highest BCUT2D eigenvalue weighted by atomic mass is 32.2. The van der Waals surface area contributed by atoms with E-state index in [2.05, 4.69) is 0 Å². The monoisotopic (exact) mass is 355 g/mol. The number of hydrogen-bond donors (Lipinski definition) is 0. The van der Waals surface area contributed by atoms with Gasteiger partial charge in [-0.15, -0.1) is 0 Å². The minimum Gasteiger partial charge on any atom is -0.748 e. The molecule has 0 saturated carbocycles. The second-order valence-corrected chi connectivity index (χ2v) is 5.98. The van der Waals surface area contributed by atoms with Crippen molar-refractivity contribution < 1.29 is 35.6 Å². The number of nitro benzene ring substituents is 1. The second-order valence-electron chi connectivity index (χ2n) is 4.57. The Kier molecular flexibility index (Phi) is 5.01. The Morgan fingerprint density at radius 3 is 2.17 bits per heavy atom. The third-order valence-corrected chi connectivity index (χ3v) is 2.78. The number of imidazole rings is 1. The molecule has 0 aliphatic carbocycles. The number of fused-ring (bicyclic) bond motifs is 1. The average Bonchev–Trinajstić information content (AvgIpc) is 2.58. The number of nitro groups is 1. The first-order valence-corrected chi connectivity index (χ1v) is 7.66. The number of nitrogens with zero attached hydrogens (tertiary/aromatic N) is 3. The van der Waals surface area contributed by atoms with Crippen LogP contribution in [-0.4, -0.2) is 28.7 Å². The number of rotatable bonds is 1. The van der Waals surface area contributed by atoms with Crippen molar-refractivity contribution in [3.8, 4) is 0 Å². The molecule has 0 radical (unpaired) electrons. The first-order chi connectivity index (χ1) is 10.2. The van der Waals surface area contributed by atoms with Crippen molar-refractivity contribution in [1.82, 2.24) is 4.57 Å². The van der Waals surface area contributed by atoms with Crippen LogP contribution >= 0.6 is 0 Å². The molecule has 12 heteroatoms. The van der Waals surface area contributed by atoms with E-state index in [0.29, 0.717) is 6.26 Å². The fraction of sp³-hybridized carbons (Fsp3) is 0.364. The van der Waals surface area contributed by atoms with Gasteiger partial charge in [0.2, 0.25) is 0 Å². The zero-order valence-electron chi connectivity index (χ0n) is 12.2. The number of hydrogen-bond acceptors (Lipinski definition) is 5. The first kappa shape index (κ1) is 18.8. The van der Waals surface area contributed by atoms with Crippen LogP contribution in [0.4, 0.5) is 18.9 Å². The molecule has 0 spiro atoms. The standard InChI is InChI=1S/C10H9F3N3O2.CH4O3S/c1-14-7-4-3-6(16(17)18)5-8(7)15(2)9(14)10(11,12)13;1-5(2,3)4/h3-5H,1-2H3;1H3,(H,2,3,4)/q+1;/p-1. The lowest BCUT2D eigenvalue weighted by Gasteiger charge is -2.01. The molecule has 2 aromatic rings. The highest BCUT2D eigenvalue weighted by Gasteiger charge is 2.45. The van der Waals surface area contributed by atoms with Gasteiger partial charge in [-0.1, -0.05) is 0 Å². The van der Waals surface area contributed by atoms with Crippen LogP contribution in [0.25, 0.3) is 11.0 Å². The highest BCUT2D eigenvalue weighted by Crippen LogP contribution is 2.30. The lowest BCUT2D eigenvalue weighted by atomic mass is 10.3. The molecular formula is C11H12F3N3O5S. The maximum atomic E-state index is 12.8. The van der Waals surface area contributed by atoms with Crippen LogP contribution in [0.3, 0.4) is 0 Å². The third kappa shape index (κ3) is 4.63. The van der Waals surface area contributed by atoms with Crippen molar-refractivity contribution in [3.63, 3.8) is 0 Å². The summed E-state index contributed by atoms with van der Waals surface area (Å²) in [6.07, 6.45) is -3.91. The molecule has 0 N–H and O–H groups in total. The summed E-state index contributed by atoms with van der Waals surface area (Å²) in [5.41, 5.74) is 0.215. The topological polar surface area (TPSA) is 109 Å². The van der Waals surface area contributed by atoms with Crippen LogP contribution in [0.1, 0.15) is 5.82 Å². The predicted molar refractivity (Wildman–Crippen MR) is 71.4 cm³/mol. The van der Waals surface area contributed by atoms with Gasteiger partial charge in [-0.2, -0.15) is 13.2 Å². The number of aromatic nitrogens is 2. The Morgan fingerprint density at radius 1 is 1.30 bits per heavy atom. The summed E-state index contributed by atoms with van der Waals surface area (Å²) >= 11 is 0. The van der Waals surface area contributed by atoms with E-state index >= 15 is 0 Å². The molecule has 0 bridgehead atoms. The fourth-order valence-corrected chi connectivity index (χ4v) is 2.01. The van der Waals surface area contributed by atoms with E-state index in [9.17, 15) is 23.3 Å². The van der Waals surface area contributed by atoms with E-state index in [1.807, 2.05) is 0 Å². The minimum atomic E-state index is -4.52. The molecule has 1 aromatic carbocycles. The molecule has 8 nitrogen and oxygen atoms in total. The Morgan fingerprint density at radius 2 is 1.78 bits per heavy atom. The van der Waals surface area contributed by atoms with Gasteiger partial charge in [0, 0.05) is 12.3 Å². The summed E-state index contributed by atoms with van der Waals surface area (Å²) in [5, 5.41) is 10.6. The van der Waals surface area contributed by atoms with Crippen LogP contribution in [-0.2, 0) is 30.4 Å². The van der Waals surface area contributed by atoms with Crippen LogP contribution < -0.4 is 4.57 Å². The zero-order valence-corrected chi connectivity index (χ0v) is 13.0. The van der Waals surface area contributed by atoms with Crippen LogP contribution in [0, 0.1) is 10.1 Å². The van der Waals surface area contributed by atoms with Gasteiger partial charge in [-0.25, -0.2) is 17.6 Å². The third-order valence-electron chi connectivity index (χ3n) is 2.78. The molecule has 0 aliphatic rings. The molecule has 0 unspecified atom stereocenters. The normalized spacial score (nSPS) is 12.0. The fourth-order valence-electron chi connectivity index (χ4n) is 2.01. The molecule has 2 rings (SSSR count). The van der Waals surface area contributed by atoms with E-state index in [0.717, 1.165) is 15.2 Å². The molecule has 0 amide bonds. The Hall–Kier alpha value is -2.21. The van der Waals surface area contributed by atoms with Crippen molar-refractivity contribution in [1.29, 1.82) is 0 Å². The largest absolute Gasteiger partial charge is 0.748 e. The van der Waals surface area contributed by atoms with Crippen molar-refractivity contribution >= 4 is 26.8 Å². The van der Waals surface area contributed by atoms with Gasteiger partial charge in [0.05, 0.1) is 35.2 Å². The average molecular weight is 355 g/mol. The maximum Gasteiger partial charge on any atom is 0.495 e. The number of non-ortho nitro benzene ring substituents is 1. The number of aryl methyl sites for hydroxylation is 2. The van der Waals surface area contributed by atoms with Crippen molar-refractivity contribution in [3.05, 3.63) is 34.1 Å². The molecule has 1 heterocycles. The van der Waals surface area contributed by atoms with Crippen molar-refractivity contribution in [2.45, 2.75) is 6.18 Å². The quantitative estimate of drug-likeness (QED) is 0.329. The smallest absolute Gasteiger partial charge is 0.495 e. The van der Waals surface area contributed by atoms with Crippen molar-refractivity contribution in [2.24, 2.45) is 14.1 Å². The van der Waals surface area contributed by atoms with E-state index in [1.165, 1.54) is 26.2 Å². The van der Waals surface area contributed by atoms with Crippen LogP contribution in [0.2, 0.25) is 0 Å². The lowest BCUT2D eigenvalue weighted by Crippen LogP contribution is -2.37. The van der Waals surface area contributed by atoms with Gasteiger partial charge in [-0.3, -0.25) is 10.1 Å². The molecule has 0 atom stereocenters. The molecule has 1 aromatic heterocycles. The van der Waals surface area contributed by atoms with Gasteiger partial charge in [0.15, 0.2) is 11.0 Å². The summed E-state index contributed by atoms with van der Waals surface area (Å²) in [7, 11) is -1.41. The summed E-state index contributed by atoms with van der Waals surface area (Å²) in [5.74, 6) is -0.863. The van der Waals surface area contributed by atoms with Gasteiger partial charge in [0.25, 0.3) is 5.69 Å². The van der Waals surface area contributed by atoms with E-state index in [-0.39, 0.29) is 16.7 Å². The van der Waals surface area contributed by atoms with Crippen molar-refractivity contribution in [2.75, 3.05) is 6.26 Å². The van der Waals surface area contributed by atoms with Gasteiger partial charge >= 0.3 is 12.0 Å². The maximum absolute atomic E-state index is 12.8. The molecule has 23 heavy (non-hydrogen) atoms. The van der Waals surface area contributed by atoms with E-state index in [4.69, 9.17) is 13.0 Å². The first-order valence-electron chi connectivity index (χ1n) is 5.84. The summed E-state index contributed by atoms with van der Waals surface area (Å²) in [6, 6.07) is 3.62. The summed E-state index contributed by atoms with van der Waals surface area (Å²) in [4.78, 5) is 9.97. The number of halogens is 3. The SMILES string of the molecule is CS(=O)(=O)[O-].Cn1c(C(F)(F)F)[n+](C)c2ccc([N+](=O)[O-])cc21. The van der Waals surface area contributed by atoms with Crippen LogP contribution in [0.15, 0.2) is 18.2 Å². The summed E-state index contributed by atoms with van der Waals surface area (Å²) in [6.45, 7) is 0. The molecule has 0 saturated heterocycles.